The van der Waals surface area contributed by atoms with Gasteiger partial charge in [0.25, 0.3) is 0 Å². The van der Waals surface area contributed by atoms with Crippen LogP contribution in [0.25, 0.3) is 0 Å². The molecular weight excluding hydrogens is 285 g/mol. The highest BCUT2D eigenvalue weighted by Gasteiger charge is 2.31. The smallest absolute Gasteiger partial charge is 0.228 e. The van der Waals surface area contributed by atoms with Gasteiger partial charge in [-0.25, -0.2) is 4.39 Å². The normalized spacial score (nSPS) is 19.5. The molecule has 1 amide bonds. The van der Waals surface area contributed by atoms with Gasteiger partial charge in [0.05, 0.1) is 5.69 Å². The lowest BCUT2D eigenvalue weighted by atomic mass is 10.1. The van der Waals surface area contributed by atoms with Crippen LogP contribution < -0.4 is 4.90 Å². The summed E-state index contributed by atoms with van der Waals surface area (Å²) in [5.74, 6) is 2.20. The number of amides is 1. The van der Waals surface area contributed by atoms with Crippen molar-refractivity contribution < 1.29 is 9.18 Å². The zero-order valence-electron chi connectivity index (χ0n) is 9.34. The lowest BCUT2D eigenvalue weighted by molar-refractivity contribution is -0.117. The number of halogens is 2. The summed E-state index contributed by atoms with van der Waals surface area (Å²) in [7, 11) is 0. The summed E-state index contributed by atoms with van der Waals surface area (Å²) < 4.78 is 13.8. The van der Waals surface area contributed by atoms with E-state index in [2.05, 4.69) is 21.9 Å². The highest BCUT2D eigenvalue weighted by molar-refractivity contribution is 9.10. The minimum Gasteiger partial charge on any atom is -0.310 e. The molecule has 1 heterocycles. The Morgan fingerprint density at radius 1 is 1.59 bits per heavy atom. The number of carbonyl (C=O) groups excluding carboxylic acids is 1. The molecule has 2 nitrogen and oxygen atoms in total. The first kappa shape index (κ1) is 12.1. The van der Waals surface area contributed by atoms with Crippen LogP contribution >= 0.6 is 15.9 Å². The van der Waals surface area contributed by atoms with Gasteiger partial charge in [-0.1, -0.05) is 0 Å². The Kier molecular flexibility index (Phi) is 3.21. The monoisotopic (exact) mass is 295 g/mol. The largest absolute Gasteiger partial charge is 0.310 e. The first-order valence-corrected chi connectivity index (χ1v) is 6.04. The van der Waals surface area contributed by atoms with E-state index in [1.807, 2.05) is 0 Å². The molecule has 88 valence electrons. The Morgan fingerprint density at radius 2 is 2.29 bits per heavy atom. The second-order valence-corrected chi connectivity index (χ2v) is 4.98. The number of hydrogen-bond acceptors (Lipinski definition) is 1. The fourth-order valence-corrected chi connectivity index (χ4v) is 2.82. The number of aryl methyl sites for hydroxylation is 1. The van der Waals surface area contributed by atoms with Crippen molar-refractivity contribution in [2.24, 2.45) is 5.92 Å². The van der Waals surface area contributed by atoms with Gasteiger partial charge in [-0.3, -0.25) is 4.79 Å². The van der Waals surface area contributed by atoms with Crippen molar-refractivity contribution in [3.8, 4) is 12.3 Å². The van der Waals surface area contributed by atoms with E-state index in [1.54, 1.807) is 11.8 Å². The molecule has 0 aromatic heterocycles. The molecule has 1 fully saturated rings. The number of anilines is 1. The lowest BCUT2D eigenvalue weighted by Gasteiger charge is -2.20. The molecule has 0 aliphatic carbocycles. The molecule has 0 spiro atoms. The van der Waals surface area contributed by atoms with Crippen LogP contribution in [0.5, 0.6) is 0 Å². The molecule has 1 aliphatic rings. The molecule has 2 rings (SSSR count). The van der Waals surface area contributed by atoms with E-state index in [-0.39, 0.29) is 17.6 Å². The van der Waals surface area contributed by atoms with Crippen molar-refractivity contribution in [2.45, 2.75) is 13.3 Å². The molecule has 1 aromatic carbocycles. The number of hydrogen-bond donors (Lipinski definition) is 0. The molecule has 17 heavy (non-hydrogen) atoms. The van der Waals surface area contributed by atoms with E-state index >= 15 is 0 Å². The van der Waals surface area contributed by atoms with Gasteiger partial charge in [-0.15, -0.1) is 12.3 Å². The average molecular weight is 296 g/mol. The third kappa shape index (κ3) is 2.20. The zero-order chi connectivity index (χ0) is 12.6. The third-order valence-electron chi connectivity index (χ3n) is 2.85. The SMILES string of the molecule is C#CC1CC(=O)N(c2c(C)cc(F)cc2Br)C1. The highest BCUT2D eigenvalue weighted by atomic mass is 79.9. The maximum Gasteiger partial charge on any atom is 0.228 e. The molecule has 1 aliphatic heterocycles. The fraction of sp³-hybridized carbons (Fsp3) is 0.308. The molecule has 0 N–H and O–H groups in total. The summed E-state index contributed by atoms with van der Waals surface area (Å²) in [6, 6.07) is 2.77. The minimum atomic E-state index is -0.321. The zero-order valence-corrected chi connectivity index (χ0v) is 10.9. The molecule has 1 atom stereocenters. The van der Waals surface area contributed by atoms with Crippen LogP contribution in [-0.4, -0.2) is 12.5 Å². The van der Waals surface area contributed by atoms with Gasteiger partial charge >= 0.3 is 0 Å². The average Bonchev–Trinajstić information content (AvgIpc) is 2.59. The van der Waals surface area contributed by atoms with Crippen LogP contribution in [0, 0.1) is 31.0 Å². The first-order valence-electron chi connectivity index (χ1n) is 5.25. The van der Waals surface area contributed by atoms with Gasteiger partial charge in [0, 0.05) is 23.4 Å². The van der Waals surface area contributed by atoms with Crippen molar-refractivity contribution in [1.82, 2.24) is 0 Å². The van der Waals surface area contributed by atoms with Gasteiger partial charge < -0.3 is 4.90 Å². The van der Waals surface area contributed by atoms with Crippen LogP contribution in [0.4, 0.5) is 10.1 Å². The van der Waals surface area contributed by atoms with Crippen molar-refractivity contribution in [3.05, 3.63) is 28.0 Å². The van der Waals surface area contributed by atoms with E-state index in [4.69, 9.17) is 6.42 Å². The van der Waals surface area contributed by atoms with Crippen molar-refractivity contribution in [1.29, 1.82) is 0 Å². The second-order valence-electron chi connectivity index (χ2n) is 4.13. The highest BCUT2D eigenvalue weighted by Crippen LogP contribution is 2.34. The number of benzene rings is 1. The molecular formula is C13H11BrFNO. The number of terminal acetylenes is 1. The van der Waals surface area contributed by atoms with Gasteiger partial charge in [0.2, 0.25) is 5.91 Å². The molecule has 0 saturated carbocycles. The van der Waals surface area contributed by atoms with Crippen LogP contribution in [0.3, 0.4) is 0 Å². The summed E-state index contributed by atoms with van der Waals surface area (Å²) in [5, 5.41) is 0. The molecule has 1 saturated heterocycles. The van der Waals surface area contributed by atoms with E-state index in [9.17, 15) is 9.18 Å². The standard InChI is InChI=1S/C13H11BrFNO/c1-3-9-5-12(17)16(7-9)13-8(2)4-10(15)6-11(13)14/h1,4,6,9H,5,7H2,2H3. The van der Waals surface area contributed by atoms with Gasteiger partial charge in [-0.2, -0.15) is 0 Å². The first-order chi connectivity index (χ1) is 8.02. The maximum absolute atomic E-state index is 13.2. The van der Waals surface area contributed by atoms with Crippen LogP contribution in [0.1, 0.15) is 12.0 Å². The summed E-state index contributed by atoms with van der Waals surface area (Å²) >= 11 is 3.29. The third-order valence-corrected chi connectivity index (χ3v) is 3.45. The molecule has 1 aromatic rings. The molecule has 1 unspecified atom stereocenters. The number of rotatable bonds is 1. The van der Waals surface area contributed by atoms with Crippen molar-refractivity contribution in [2.75, 3.05) is 11.4 Å². The van der Waals surface area contributed by atoms with Crippen molar-refractivity contribution in [3.63, 3.8) is 0 Å². The predicted octanol–water partition coefficient (Wildman–Crippen LogP) is 2.88. The summed E-state index contributed by atoms with van der Waals surface area (Å²) in [5.41, 5.74) is 1.44. The van der Waals surface area contributed by atoms with Crippen molar-refractivity contribution >= 4 is 27.5 Å². The second kappa shape index (κ2) is 4.50. The number of carbonyl (C=O) groups is 1. The summed E-state index contributed by atoms with van der Waals surface area (Å²) in [4.78, 5) is 13.5. The van der Waals surface area contributed by atoms with Gasteiger partial charge in [-0.05, 0) is 40.5 Å². The van der Waals surface area contributed by atoms with Gasteiger partial charge in [0.15, 0.2) is 0 Å². The molecule has 0 bridgehead atoms. The maximum atomic E-state index is 13.2. The Hall–Kier alpha value is -1.34. The van der Waals surface area contributed by atoms with E-state index in [0.29, 0.717) is 23.1 Å². The van der Waals surface area contributed by atoms with Crippen LogP contribution in [0.2, 0.25) is 0 Å². The Balaban J connectivity index is 2.42. The minimum absolute atomic E-state index is 0.0108. The number of nitrogens with zero attached hydrogens (tertiary/aromatic N) is 1. The molecule has 0 radical (unpaired) electrons. The topological polar surface area (TPSA) is 20.3 Å². The van der Waals surface area contributed by atoms with Gasteiger partial charge in [0.1, 0.15) is 5.82 Å². The van der Waals surface area contributed by atoms with E-state index in [0.717, 1.165) is 5.56 Å². The Morgan fingerprint density at radius 3 is 2.82 bits per heavy atom. The van der Waals surface area contributed by atoms with Crippen LogP contribution in [0.15, 0.2) is 16.6 Å². The Bertz CT molecular complexity index is 498. The quantitative estimate of drug-likeness (QED) is 0.730. The van der Waals surface area contributed by atoms with E-state index < -0.39 is 0 Å². The lowest BCUT2D eigenvalue weighted by Crippen LogP contribution is -2.25. The van der Waals surface area contributed by atoms with Crippen LogP contribution in [-0.2, 0) is 4.79 Å². The summed E-state index contributed by atoms with van der Waals surface area (Å²) in [6.07, 6.45) is 5.70. The van der Waals surface area contributed by atoms with E-state index in [1.165, 1.54) is 12.1 Å². The fourth-order valence-electron chi connectivity index (χ4n) is 2.07. The Labute approximate surface area is 108 Å². The molecule has 4 heteroatoms. The summed E-state index contributed by atoms with van der Waals surface area (Å²) in [6.45, 7) is 2.28. The predicted molar refractivity (Wildman–Crippen MR) is 68.1 cm³/mol.